The molecule has 20 heavy (non-hydrogen) atoms. The van der Waals surface area contributed by atoms with Crippen LogP contribution in [0.25, 0.3) is 0 Å². The first-order valence-corrected chi connectivity index (χ1v) is 6.35. The van der Waals surface area contributed by atoms with Crippen LogP contribution in [-0.2, 0) is 6.54 Å². The van der Waals surface area contributed by atoms with Gasteiger partial charge in [0.05, 0.1) is 14.2 Å². The first kappa shape index (κ1) is 14.2. The Bertz CT molecular complexity index is 599. The van der Waals surface area contributed by atoms with E-state index >= 15 is 0 Å². The SMILES string of the molecule is COc1ccc(OC)c(CNc2cc(F)ccc2C)c1. The Balaban J connectivity index is 2.19. The van der Waals surface area contributed by atoms with Crippen molar-refractivity contribution in [2.24, 2.45) is 0 Å². The van der Waals surface area contributed by atoms with Crippen LogP contribution in [0.4, 0.5) is 10.1 Å². The van der Waals surface area contributed by atoms with Crippen molar-refractivity contribution in [3.8, 4) is 11.5 Å². The van der Waals surface area contributed by atoms with Crippen LogP contribution in [0.5, 0.6) is 11.5 Å². The molecule has 0 aliphatic heterocycles. The molecule has 0 atom stereocenters. The van der Waals surface area contributed by atoms with Crippen molar-refractivity contribution in [2.45, 2.75) is 13.5 Å². The molecular formula is C16H18FNO2. The minimum Gasteiger partial charge on any atom is -0.497 e. The van der Waals surface area contributed by atoms with Crippen molar-refractivity contribution in [1.82, 2.24) is 0 Å². The third kappa shape index (κ3) is 3.20. The number of hydrogen-bond acceptors (Lipinski definition) is 3. The lowest BCUT2D eigenvalue weighted by Gasteiger charge is -2.13. The second-order valence-electron chi connectivity index (χ2n) is 4.49. The molecule has 3 nitrogen and oxygen atoms in total. The minimum absolute atomic E-state index is 0.254. The van der Waals surface area contributed by atoms with Crippen LogP contribution in [0, 0.1) is 12.7 Å². The van der Waals surface area contributed by atoms with Gasteiger partial charge in [0.15, 0.2) is 0 Å². The van der Waals surface area contributed by atoms with Gasteiger partial charge >= 0.3 is 0 Å². The summed E-state index contributed by atoms with van der Waals surface area (Å²) < 4.78 is 23.8. The maximum Gasteiger partial charge on any atom is 0.125 e. The van der Waals surface area contributed by atoms with E-state index in [9.17, 15) is 4.39 Å². The van der Waals surface area contributed by atoms with Gasteiger partial charge in [0.2, 0.25) is 0 Å². The van der Waals surface area contributed by atoms with Crippen molar-refractivity contribution < 1.29 is 13.9 Å². The summed E-state index contributed by atoms with van der Waals surface area (Å²) in [6, 6.07) is 10.3. The number of hydrogen-bond donors (Lipinski definition) is 1. The lowest BCUT2D eigenvalue weighted by molar-refractivity contribution is 0.399. The Kier molecular flexibility index (Phi) is 4.45. The largest absolute Gasteiger partial charge is 0.497 e. The molecule has 0 aromatic heterocycles. The molecule has 0 saturated carbocycles. The van der Waals surface area contributed by atoms with E-state index in [1.807, 2.05) is 25.1 Å². The molecule has 1 N–H and O–H groups in total. The molecule has 0 radical (unpaired) electrons. The third-order valence-corrected chi connectivity index (χ3v) is 3.16. The van der Waals surface area contributed by atoms with Crippen molar-refractivity contribution in [3.63, 3.8) is 0 Å². The normalized spacial score (nSPS) is 10.2. The van der Waals surface area contributed by atoms with Crippen LogP contribution >= 0.6 is 0 Å². The summed E-state index contributed by atoms with van der Waals surface area (Å²) >= 11 is 0. The van der Waals surface area contributed by atoms with E-state index < -0.39 is 0 Å². The number of benzene rings is 2. The highest BCUT2D eigenvalue weighted by Crippen LogP contribution is 2.25. The maximum absolute atomic E-state index is 13.3. The maximum atomic E-state index is 13.3. The quantitative estimate of drug-likeness (QED) is 0.901. The van der Waals surface area contributed by atoms with Gasteiger partial charge in [-0.25, -0.2) is 4.39 Å². The van der Waals surface area contributed by atoms with Gasteiger partial charge in [-0.05, 0) is 42.8 Å². The number of ether oxygens (including phenoxy) is 2. The second-order valence-corrected chi connectivity index (χ2v) is 4.49. The Morgan fingerprint density at radius 3 is 2.55 bits per heavy atom. The van der Waals surface area contributed by atoms with E-state index in [2.05, 4.69) is 5.32 Å². The fourth-order valence-corrected chi connectivity index (χ4v) is 2.00. The molecule has 0 spiro atoms. The molecule has 0 aliphatic rings. The Hall–Kier alpha value is -2.23. The molecule has 106 valence electrons. The van der Waals surface area contributed by atoms with Crippen molar-refractivity contribution in [3.05, 3.63) is 53.3 Å². The molecule has 2 aromatic carbocycles. The van der Waals surface area contributed by atoms with Crippen molar-refractivity contribution in [1.29, 1.82) is 0 Å². The Morgan fingerprint density at radius 1 is 1.05 bits per heavy atom. The molecular weight excluding hydrogens is 257 g/mol. The molecule has 0 heterocycles. The van der Waals surface area contributed by atoms with Gasteiger partial charge in [0, 0.05) is 17.8 Å². The standard InChI is InChI=1S/C16H18FNO2/c1-11-4-5-13(17)9-15(11)18-10-12-8-14(19-2)6-7-16(12)20-3/h4-9,18H,10H2,1-3H3. The summed E-state index contributed by atoms with van der Waals surface area (Å²) in [6.07, 6.45) is 0. The predicted octanol–water partition coefficient (Wildman–Crippen LogP) is 3.76. The fourth-order valence-electron chi connectivity index (χ4n) is 2.00. The molecule has 0 unspecified atom stereocenters. The first-order chi connectivity index (χ1) is 9.63. The van der Waals surface area contributed by atoms with Crippen LogP contribution in [0.2, 0.25) is 0 Å². The minimum atomic E-state index is -0.254. The van der Waals surface area contributed by atoms with Crippen LogP contribution < -0.4 is 14.8 Å². The van der Waals surface area contributed by atoms with Gasteiger partial charge in [-0.15, -0.1) is 0 Å². The average molecular weight is 275 g/mol. The van der Waals surface area contributed by atoms with E-state index in [-0.39, 0.29) is 5.82 Å². The average Bonchev–Trinajstić information content (AvgIpc) is 2.47. The van der Waals surface area contributed by atoms with Gasteiger partial charge in [-0.3, -0.25) is 0 Å². The lowest BCUT2D eigenvalue weighted by Crippen LogP contribution is -2.03. The molecule has 0 amide bonds. The lowest BCUT2D eigenvalue weighted by atomic mass is 10.1. The van der Waals surface area contributed by atoms with E-state index in [1.54, 1.807) is 20.3 Å². The first-order valence-electron chi connectivity index (χ1n) is 6.35. The number of halogens is 1. The monoisotopic (exact) mass is 275 g/mol. The van der Waals surface area contributed by atoms with Crippen LogP contribution in [-0.4, -0.2) is 14.2 Å². The van der Waals surface area contributed by atoms with Crippen molar-refractivity contribution >= 4 is 5.69 Å². The van der Waals surface area contributed by atoms with Crippen LogP contribution in [0.15, 0.2) is 36.4 Å². The molecule has 4 heteroatoms. The topological polar surface area (TPSA) is 30.5 Å². The highest BCUT2D eigenvalue weighted by molar-refractivity contribution is 5.52. The van der Waals surface area contributed by atoms with Crippen molar-refractivity contribution in [2.75, 3.05) is 19.5 Å². The second kappa shape index (κ2) is 6.28. The van der Waals surface area contributed by atoms with Gasteiger partial charge < -0.3 is 14.8 Å². The van der Waals surface area contributed by atoms with Gasteiger partial charge in [0.25, 0.3) is 0 Å². The fraction of sp³-hybridized carbons (Fsp3) is 0.250. The molecule has 0 saturated heterocycles. The summed E-state index contributed by atoms with van der Waals surface area (Å²) in [5.74, 6) is 1.28. The Morgan fingerprint density at radius 2 is 1.85 bits per heavy atom. The third-order valence-electron chi connectivity index (χ3n) is 3.16. The summed E-state index contributed by atoms with van der Waals surface area (Å²) in [6.45, 7) is 2.47. The molecule has 0 fully saturated rings. The number of nitrogens with one attached hydrogen (secondary N) is 1. The summed E-state index contributed by atoms with van der Waals surface area (Å²) in [7, 11) is 3.24. The number of rotatable bonds is 5. The molecule has 2 aromatic rings. The summed E-state index contributed by atoms with van der Waals surface area (Å²) in [5, 5.41) is 3.22. The smallest absolute Gasteiger partial charge is 0.125 e. The van der Waals surface area contributed by atoms with E-state index in [1.165, 1.54) is 12.1 Å². The van der Waals surface area contributed by atoms with Crippen LogP contribution in [0.1, 0.15) is 11.1 Å². The zero-order valence-electron chi connectivity index (χ0n) is 11.9. The number of anilines is 1. The van der Waals surface area contributed by atoms with E-state index in [0.717, 1.165) is 28.3 Å². The van der Waals surface area contributed by atoms with Gasteiger partial charge in [-0.1, -0.05) is 6.07 Å². The van der Waals surface area contributed by atoms with Crippen LogP contribution in [0.3, 0.4) is 0 Å². The predicted molar refractivity (Wildman–Crippen MR) is 78.0 cm³/mol. The van der Waals surface area contributed by atoms with E-state index in [4.69, 9.17) is 9.47 Å². The summed E-state index contributed by atoms with van der Waals surface area (Å²) in [4.78, 5) is 0. The summed E-state index contributed by atoms with van der Waals surface area (Å²) in [5.41, 5.74) is 2.72. The Labute approximate surface area is 118 Å². The van der Waals surface area contributed by atoms with Gasteiger partial charge in [-0.2, -0.15) is 0 Å². The zero-order chi connectivity index (χ0) is 14.5. The van der Waals surface area contributed by atoms with Gasteiger partial charge in [0.1, 0.15) is 17.3 Å². The molecule has 0 bridgehead atoms. The molecule has 2 rings (SSSR count). The molecule has 0 aliphatic carbocycles. The zero-order valence-corrected chi connectivity index (χ0v) is 11.9. The van der Waals surface area contributed by atoms with E-state index in [0.29, 0.717) is 6.54 Å². The number of aryl methyl sites for hydroxylation is 1. The highest BCUT2D eigenvalue weighted by Gasteiger charge is 2.06. The highest BCUT2D eigenvalue weighted by atomic mass is 19.1. The number of methoxy groups -OCH3 is 2.